The van der Waals surface area contributed by atoms with Gasteiger partial charge in [0.25, 0.3) is 5.56 Å². The molecule has 0 bridgehead atoms. The fourth-order valence-corrected chi connectivity index (χ4v) is 1.14. The molecule has 0 saturated heterocycles. The van der Waals surface area contributed by atoms with Gasteiger partial charge in [0.15, 0.2) is 0 Å². The summed E-state index contributed by atoms with van der Waals surface area (Å²) >= 11 is 0. The van der Waals surface area contributed by atoms with Gasteiger partial charge in [-0.3, -0.25) is 4.79 Å². The first-order valence-electron chi connectivity index (χ1n) is 3.52. The average molecular weight is 164 g/mol. The number of aromatic amines is 1. The van der Waals surface area contributed by atoms with Crippen LogP contribution in [0.25, 0.3) is 5.65 Å². The van der Waals surface area contributed by atoms with Crippen LogP contribution in [0.4, 0.5) is 5.82 Å². The molecule has 0 saturated carbocycles. The van der Waals surface area contributed by atoms with Gasteiger partial charge < -0.3 is 10.7 Å². The number of H-pyrrole nitrogens is 1. The van der Waals surface area contributed by atoms with Crippen LogP contribution in [0.3, 0.4) is 0 Å². The Morgan fingerprint density at radius 2 is 2.33 bits per heavy atom. The first-order valence-corrected chi connectivity index (χ1v) is 3.52. The van der Waals surface area contributed by atoms with Gasteiger partial charge in [-0.05, 0) is 6.92 Å². The van der Waals surface area contributed by atoms with E-state index in [1.165, 1.54) is 10.6 Å². The molecule has 2 aromatic rings. The van der Waals surface area contributed by atoms with Crippen LogP contribution in [0, 0.1) is 6.92 Å². The van der Waals surface area contributed by atoms with Crippen LogP contribution in [0.1, 0.15) is 5.69 Å². The fourth-order valence-electron chi connectivity index (χ4n) is 1.14. The SMILES string of the molecule is Cc1cc2[nH]c(=O)cc(N)n2n1. The molecule has 12 heavy (non-hydrogen) atoms. The van der Waals surface area contributed by atoms with Gasteiger partial charge in [0.1, 0.15) is 11.5 Å². The number of nitrogens with one attached hydrogen (secondary N) is 1. The summed E-state index contributed by atoms with van der Waals surface area (Å²) in [6, 6.07) is 3.07. The monoisotopic (exact) mass is 164 g/mol. The Hall–Kier alpha value is -1.78. The van der Waals surface area contributed by atoms with Crippen LogP contribution >= 0.6 is 0 Å². The summed E-state index contributed by atoms with van der Waals surface area (Å²) in [7, 11) is 0. The number of hydrogen-bond donors (Lipinski definition) is 2. The quantitative estimate of drug-likeness (QED) is 0.571. The summed E-state index contributed by atoms with van der Waals surface area (Å²) in [4.78, 5) is 13.6. The lowest BCUT2D eigenvalue weighted by molar-refractivity contribution is 0.922. The lowest BCUT2D eigenvalue weighted by Crippen LogP contribution is -2.10. The fraction of sp³-hybridized carbons (Fsp3) is 0.143. The number of rotatable bonds is 0. The van der Waals surface area contributed by atoms with E-state index in [4.69, 9.17) is 5.73 Å². The van der Waals surface area contributed by atoms with Gasteiger partial charge in [-0.25, -0.2) is 4.52 Å². The Labute approximate surface area is 67.8 Å². The third kappa shape index (κ3) is 0.868. The molecule has 0 radical (unpaired) electrons. The highest BCUT2D eigenvalue weighted by molar-refractivity contribution is 5.45. The molecule has 2 aromatic heterocycles. The van der Waals surface area contributed by atoms with Gasteiger partial charge in [0.05, 0.1) is 5.69 Å². The molecule has 0 spiro atoms. The zero-order valence-corrected chi connectivity index (χ0v) is 6.53. The van der Waals surface area contributed by atoms with E-state index < -0.39 is 0 Å². The number of aromatic nitrogens is 3. The van der Waals surface area contributed by atoms with Gasteiger partial charge in [0, 0.05) is 12.1 Å². The van der Waals surface area contributed by atoms with Crippen molar-refractivity contribution in [3.63, 3.8) is 0 Å². The normalized spacial score (nSPS) is 10.8. The van der Waals surface area contributed by atoms with E-state index in [0.717, 1.165) is 5.69 Å². The van der Waals surface area contributed by atoms with E-state index in [0.29, 0.717) is 11.5 Å². The summed E-state index contributed by atoms with van der Waals surface area (Å²) in [5.41, 5.74) is 6.79. The second-order valence-electron chi connectivity index (χ2n) is 2.64. The summed E-state index contributed by atoms with van der Waals surface area (Å²) < 4.78 is 1.50. The summed E-state index contributed by atoms with van der Waals surface area (Å²) in [5.74, 6) is 0.349. The molecule has 5 nitrogen and oxygen atoms in total. The maximum Gasteiger partial charge on any atom is 0.253 e. The highest BCUT2D eigenvalue weighted by atomic mass is 16.1. The molecular formula is C7H8N4O. The Balaban J connectivity index is 2.97. The van der Waals surface area contributed by atoms with E-state index in [9.17, 15) is 4.79 Å². The number of nitrogens with zero attached hydrogens (tertiary/aromatic N) is 2. The average Bonchev–Trinajstić information content (AvgIpc) is 2.29. The molecule has 0 fully saturated rings. The molecular weight excluding hydrogens is 156 g/mol. The highest BCUT2D eigenvalue weighted by Crippen LogP contribution is 2.04. The van der Waals surface area contributed by atoms with E-state index in [1.807, 2.05) is 6.92 Å². The third-order valence-electron chi connectivity index (χ3n) is 1.61. The maximum absolute atomic E-state index is 10.9. The molecule has 0 atom stereocenters. The maximum atomic E-state index is 10.9. The highest BCUT2D eigenvalue weighted by Gasteiger charge is 2.01. The molecule has 2 rings (SSSR count). The molecule has 0 aliphatic carbocycles. The van der Waals surface area contributed by atoms with Crippen molar-refractivity contribution in [3.8, 4) is 0 Å². The number of aryl methyl sites for hydroxylation is 1. The summed E-state index contributed by atoms with van der Waals surface area (Å²) in [6.07, 6.45) is 0. The smallest absolute Gasteiger partial charge is 0.253 e. The third-order valence-corrected chi connectivity index (χ3v) is 1.61. The predicted molar refractivity (Wildman–Crippen MR) is 45.0 cm³/mol. The van der Waals surface area contributed by atoms with Crippen molar-refractivity contribution in [1.29, 1.82) is 0 Å². The second-order valence-corrected chi connectivity index (χ2v) is 2.64. The molecule has 2 heterocycles. The molecule has 5 heteroatoms. The molecule has 3 N–H and O–H groups in total. The standard InChI is InChI=1S/C7H8N4O/c1-4-2-6-9-7(12)3-5(8)11(6)10-4/h2-3H,8H2,1H3,(H,9,12). The van der Waals surface area contributed by atoms with E-state index in [-0.39, 0.29) is 5.56 Å². The number of nitrogen functional groups attached to an aromatic ring is 1. The van der Waals surface area contributed by atoms with E-state index in [1.54, 1.807) is 6.07 Å². The minimum absolute atomic E-state index is 0.208. The van der Waals surface area contributed by atoms with Crippen LogP contribution < -0.4 is 11.3 Å². The molecule has 0 aromatic carbocycles. The van der Waals surface area contributed by atoms with Gasteiger partial charge in [-0.2, -0.15) is 5.10 Å². The first kappa shape index (κ1) is 6.90. The number of hydrogen-bond acceptors (Lipinski definition) is 3. The Kier molecular flexibility index (Phi) is 1.21. The number of fused-ring (bicyclic) bond motifs is 1. The summed E-state index contributed by atoms with van der Waals surface area (Å²) in [6.45, 7) is 1.84. The van der Waals surface area contributed by atoms with Crippen LogP contribution in [-0.2, 0) is 0 Å². The van der Waals surface area contributed by atoms with Crippen molar-refractivity contribution in [1.82, 2.24) is 14.6 Å². The minimum atomic E-state index is -0.208. The minimum Gasteiger partial charge on any atom is -0.383 e. The Morgan fingerprint density at radius 1 is 1.58 bits per heavy atom. The zero-order valence-electron chi connectivity index (χ0n) is 6.53. The van der Waals surface area contributed by atoms with Crippen molar-refractivity contribution in [2.24, 2.45) is 0 Å². The lowest BCUT2D eigenvalue weighted by Gasteiger charge is -1.95. The van der Waals surface area contributed by atoms with Gasteiger partial charge in [-0.1, -0.05) is 0 Å². The van der Waals surface area contributed by atoms with Gasteiger partial charge in [-0.15, -0.1) is 0 Å². The van der Waals surface area contributed by atoms with Crippen molar-refractivity contribution in [2.75, 3.05) is 5.73 Å². The van der Waals surface area contributed by atoms with Crippen LogP contribution in [0.5, 0.6) is 0 Å². The van der Waals surface area contributed by atoms with Crippen LogP contribution in [0.15, 0.2) is 16.9 Å². The topological polar surface area (TPSA) is 76.2 Å². The van der Waals surface area contributed by atoms with Crippen LogP contribution in [0.2, 0.25) is 0 Å². The zero-order chi connectivity index (χ0) is 8.72. The predicted octanol–water partition coefficient (Wildman–Crippen LogP) is -0.0868. The largest absolute Gasteiger partial charge is 0.383 e. The molecule has 0 aliphatic heterocycles. The van der Waals surface area contributed by atoms with Crippen molar-refractivity contribution < 1.29 is 0 Å². The second kappa shape index (κ2) is 2.10. The number of nitrogens with two attached hydrogens (primary N) is 1. The van der Waals surface area contributed by atoms with Crippen molar-refractivity contribution in [2.45, 2.75) is 6.92 Å². The molecule has 0 amide bonds. The Bertz CT molecular complexity index is 482. The Morgan fingerprint density at radius 3 is 3.08 bits per heavy atom. The molecule has 0 unspecified atom stereocenters. The molecule has 0 aliphatic rings. The van der Waals surface area contributed by atoms with Gasteiger partial charge >= 0.3 is 0 Å². The van der Waals surface area contributed by atoms with Crippen molar-refractivity contribution in [3.05, 3.63) is 28.2 Å². The van der Waals surface area contributed by atoms with Gasteiger partial charge in [0.2, 0.25) is 0 Å². The first-order chi connectivity index (χ1) is 5.66. The van der Waals surface area contributed by atoms with E-state index >= 15 is 0 Å². The van der Waals surface area contributed by atoms with Crippen molar-refractivity contribution >= 4 is 11.5 Å². The van der Waals surface area contributed by atoms with Crippen LogP contribution in [-0.4, -0.2) is 14.6 Å². The lowest BCUT2D eigenvalue weighted by atomic mass is 10.5. The van der Waals surface area contributed by atoms with E-state index in [2.05, 4.69) is 10.1 Å². The summed E-state index contributed by atoms with van der Waals surface area (Å²) in [5, 5.41) is 4.08. The molecule has 62 valence electrons. The number of anilines is 1.